The Morgan fingerprint density at radius 1 is 1.53 bits per heavy atom. The summed E-state index contributed by atoms with van der Waals surface area (Å²) >= 11 is 3.44. The average molecular weight is 274 g/mol. The summed E-state index contributed by atoms with van der Waals surface area (Å²) in [6.45, 7) is 2.52. The lowest BCUT2D eigenvalue weighted by atomic mass is 10.1. The van der Waals surface area contributed by atoms with Crippen LogP contribution < -0.4 is 10.5 Å². The maximum absolute atomic E-state index is 9.93. The van der Waals surface area contributed by atoms with E-state index in [2.05, 4.69) is 15.9 Å². The van der Waals surface area contributed by atoms with E-state index >= 15 is 0 Å². The Hall–Kier alpha value is -0.740. The third-order valence-corrected chi connectivity index (χ3v) is 3.20. The number of rotatable bonds is 4. The molecule has 0 aromatic heterocycles. The highest BCUT2D eigenvalue weighted by molar-refractivity contribution is 9.10. The summed E-state index contributed by atoms with van der Waals surface area (Å²) in [5.74, 6) is 0.767. The van der Waals surface area contributed by atoms with Crippen LogP contribution in [-0.4, -0.2) is 18.8 Å². The van der Waals surface area contributed by atoms with E-state index < -0.39 is 0 Å². The van der Waals surface area contributed by atoms with Crippen LogP contribution in [0.4, 0.5) is 0 Å². The van der Waals surface area contributed by atoms with Gasteiger partial charge >= 0.3 is 0 Å². The molecule has 0 aliphatic carbocycles. The zero-order valence-electron chi connectivity index (χ0n) is 9.01. The van der Waals surface area contributed by atoms with Gasteiger partial charge in [0.1, 0.15) is 0 Å². The minimum absolute atomic E-state index is 0.228. The highest BCUT2D eigenvalue weighted by atomic mass is 79.9. The van der Waals surface area contributed by atoms with Crippen molar-refractivity contribution in [3.63, 3.8) is 0 Å². The van der Waals surface area contributed by atoms with Gasteiger partial charge in [0.2, 0.25) is 0 Å². The van der Waals surface area contributed by atoms with E-state index in [1.165, 1.54) is 0 Å². The van der Waals surface area contributed by atoms with Gasteiger partial charge in [0.25, 0.3) is 0 Å². The normalized spacial score (nSPS) is 10.4. The first-order valence-electron chi connectivity index (χ1n) is 4.86. The van der Waals surface area contributed by atoms with E-state index in [0.29, 0.717) is 12.3 Å². The van der Waals surface area contributed by atoms with E-state index in [0.717, 1.165) is 28.4 Å². The van der Waals surface area contributed by atoms with Crippen molar-refractivity contribution < 1.29 is 9.84 Å². The molecule has 0 aliphatic rings. The highest BCUT2D eigenvalue weighted by Gasteiger charge is 2.13. The fourth-order valence-corrected chi connectivity index (χ4v) is 1.95. The lowest BCUT2D eigenvalue weighted by molar-refractivity contribution is 0.367. The van der Waals surface area contributed by atoms with Crippen molar-refractivity contribution >= 4 is 15.9 Å². The van der Waals surface area contributed by atoms with Gasteiger partial charge in [0, 0.05) is 10.0 Å². The predicted molar refractivity (Wildman–Crippen MR) is 64.5 cm³/mol. The molecule has 3 N–H and O–H groups in total. The Balaban J connectivity index is 3.12. The predicted octanol–water partition coefficient (Wildman–Crippen LogP) is 2.36. The van der Waals surface area contributed by atoms with Crippen LogP contribution in [0.2, 0.25) is 0 Å². The number of ether oxygens (including phenoxy) is 1. The Morgan fingerprint density at radius 2 is 2.20 bits per heavy atom. The topological polar surface area (TPSA) is 55.5 Å². The molecule has 4 heteroatoms. The van der Waals surface area contributed by atoms with Crippen molar-refractivity contribution in [1.29, 1.82) is 0 Å². The highest BCUT2D eigenvalue weighted by Crippen LogP contribution is 2.38. The summed E-state index contributed by atoms with van der Waals surface area (Å²) in [4.78, 5) is 0. The van der Waals surface area contributed by atoms with Crippen LogP contribution in [0.25, 0.3) is 0 Å². The summed E-state index contributed by atoms with van der Waals surface area (Å²) in [5.41, 5.74) is 7.22. The molecule has 0 unspecified atom stereocenters. The first-order valence-corrected chi connectivity index (χ1v) is 5.66. The molecule has 0 saturated carbocycles. The van der Waals surface area contributed by atoms with Gasteiger partial charge in [-0.1, -0.05) is 15.9 Å². The molecule has 0 saturated heterocycles. The van der Waals surface area contributed by atoms with Crippen LogP contribution in [0.15, 0.2) is 10.5 Å². The van der Waals surface area contributed by atoms with Gasteiger partial charge in [0.15, 0.2) is 11.5 Å². The van der Waals surface area contributed by atoms with Gasteiger partial charge in [0.05, 0.1) is 7.11 Å². The molecule has 1 aromatic carbocycles. The molecule has 0 heterocycles. The molecule has 0 aliphatic heterocycles. The lowest BCUT2D eigenvalue weighted by Gasteiger charge is -2.13. The largest absolute Gasteiger partial charge is 0.504 e. The lowest BCUT2D eigenvalue weighted by Crippen LogP contribution is -2.01. The number of phenolic OH excluding ortho intramolecular Hbond substituents is 1. The Labute approximate surface area is 98.4 Å². The molecule has 0 atom stereocenters. The molecule has 3 nitrogen and oxygen atoms in total. The summed E-state index contributed by atoms with van der Waals surface area (Å²) in [5, 5.41) is 9.93. The van der Waals surface area contributed by atoms with Gasteiger partial charge in [-0.15, -0.1) is 0 Å². The summed E-state index contributed by atoms with van der Waals surface area (Å²) in [6.07, 6.45) is 1.61. The van der Waals surface area contributed by atoms with Crippen molar-refractivity contribution in [2.24, 2.45) is 5.73 Å². The van der Waals surface area contributed by atoms with Gasteiger partial charge in [-0.2, -0.15) is 0 Å². The second kappa shape index (κ2) is 5.37. The van der Waals surface area contributed by atoms with Crippen molar-refractivity contribution in [2.45, 2.75) is 19.8 Å². The van der Waals surface area contributed by atoms with Gasteiger partial charge < -0.3 is 15.6 Å². The Morgan fingerprint density at radius 3 is 2.73 bits per heavy atom. The number of nitrogens with two attached hydrogens (primary N) is 1. The zero-order valence-corrected chi connectivity index (χ0v) is 10.6. The van der Waals surface area contributed by atoms with E-state index in [9.17, 15) is 5.11 Å². The van der Waals surface area contributed by atoms with Crippen LogP contribution in [0.3, 0.4) is 0 Å². The van der Waals surface area contributed by atoms with Crippen LogP contribution in [-0.2, 0) is 6.42 Å². The standard InChI is InChI=1S/C11H16BrNO2/c1-7-9(12)6-8(4-3-5-13)10(14)11(7)15-2/h6,14H,3-5,13H2,1-2H3. The summed E-state index contributed by atoms with van der Waals surface area (Å²) < 4.78 is 6.11. The number of halogens is 1. The number of aryl methyl sites for hydroxylation is 1. The smallest absolute Gasteiger partial charge is 0.164 e. The second-order valence-corrected chi connectivity index (χ2v) is 4.27. The van der Waals surface area contributed by atoms with Gasteiger partial charge in [-0.05, 0) is 37.9 Å². The molecule has 0 fully saturated rings. The molecule has 0 radical (unpaired) electrons. The maximum atomic E-state index is 9.93. The van der Waals surface area contributed by atoms with Gasteiger partial charge in [-0.25, -0.2) is 0 Å². The third-order valence-electron chi connectivity index (χ3n) is 2.37. The molecular weight excluding hydrogens is 258 g/mol. The third kappa shape index (κ3) is 2.63. The molecule has 15 heavy (non-hydrogen) atoms. The number of benzene rings is 1. The van der Waals surface area contributed by atoms with Crippen molar-refractivity contribution in [1.82, 2.24) is 0 Å². The minimum Gasteiger partial charge on any atom is -0.504 e. The Kier molecular flexibility index (Phi) is 4.42. The fraction of sp³-hybridized carbons (Fsp3) is 0.455. The van der Waals surface area contributed by atoms with Crippen LogP contribution in [0.5, 0.6) is 11.5 Å². The average Bonchev–Trinajstić information content (AvgIpc) is 2.22. The molecule has 0 bridgehead atoms. The van der Waals surface area contributed by atoms with E-state index in [4.69, 9.17) is 10.5 Å². The number of hydrogen-bond donors (Lipinski definition) is 2. The van der Waals surface area contributed by atoms with E-state index in [1.807, 2.05) is 13.0 Å². The number of hydrogen-bond acceptors (Lipinski definition) is 3. The van der Waals surface area contributed by atoms with E-state index in [1.54, 1.807) is 7.11 Å². The van der Waals surface area contributed by atoms with Gasteiger partial charge in [-0.3, -0.25) is 0 Å². The molecule has 0 spiro atoms. The van der Waals surface area contributed by atoms with Crippen molar-refractivity contribution in [3.8, 4) is 11.5 Å². The molecular formula is C11H16BrNO2. The monoisotopic (exact) mass is 273 g/mol. The first-order chi connectivity index (χ1) is 7.11. The summed E-state index contributed by atoms with van der Waals surface area (Å²) in [6, 6.07) is 1.92. The number of methoxy groups -OCH3 is 1. The molecule has 1 aromatic rings. The first kappa shape index (κ1) is 12.3. The minimum atomic E-state index is 0.228. The fourth-order valence-electron chi connectivity index (χ4n) is 1.49. The van der Waals surface area contributed by atoms with Crippen LogP contribution >= 0.6 is 15.9 Å². The molecule has 0 amide bonds. The quantitative estimate of drug-likeness (QED) is 0.886. The molecule has 84 valence electrons. The SMILES string of the molecule is COc1c(C)c(Br)cc(CCCN)c1O. The Bertz CT molecular complexity index is 353. The van der Waals surface area contributed by atoms with E-state index in [-0.39, 0.29) is 5.75 Å². The van der Waals surface area contributed by atoms with Crippen molar-refractivity contribution in [3.05, 3.63) is 21.7 Å². The second-order valence-electron chi connectivity index (χ2n) is 3.42. The number of aromatic hydroxyl groups is 1. The number of phenols is 1. The van der Waals surface area contributed by atoms with Crippen LogP contribution in [0.1, 0.15) is 17.5 Å². The van der Waals surface area contributed by atoms with Crippen molar-refractivity contribution in [2.75, 3.05) is 13.7 Å². The zero-order chi connectivity index (χ0) is 11.4. The van der Waals surface area contributed by atoms with Crippen LogP contribution in [0, 0.1) is 6.92 Å². The summed E-state index contributed by atoms with van der Waals surface area (Å²) in [7, 11) is 1.56. The maximum Gasteiger partial charge on any atom is 0.164 e. The molecule has 1 rings (SSSR count).